The maximum absolute atomic E-state index is 12.1. The second kappa shape index (κ2) is 4.79. The molecule has 0 aliphatic rings. The first-order valence-corrected chi connectivity index (χ1v) is 6.16. The molecule has 104 valence electrons. The summed E-state index contributed by atoms with van der Waals surface area (Å²) in [5.41, 5.74) is 0.661. The van der Waals surface area contributed by atoms with Gasteiger partial charge in [0.25, 0.3) is 0 Å². The van der Waals surface area contributed by atoms with E-state index in [1.54, 1.807) is 24.3 Å². The number of phenolic OH excluding ortho intramolecular Hbond substituents is 1. The lowest BCUT2D eigenvalue weighted by Crippen LogP contribution is -2.01. The maximum atomic E-state index is 12.1. The summed E-state index contributed by atoms with van der Waals surface area (Å²) in [7, 11) is 0. The summed E-state index contributed by atoms with van der Waals surface area (Å²) >= 11 is 0. The lowest BCUT2D eigenvalue weighted by Gasteiger charge is -2.04. The van der Waals surface area contributed by atoms with Crippen LogP contribution in [0.3, 0.4) is 0 Å². The quantitative estimate of drug-likeness (QED) is 0.754. The van der Waals surface area contributed by atoms with E-state index in [2.05, 4.69) is 0 Å². The number of carboxylic acids is 1. The Morgan fingerprint density at radius 1 is 1.05 bits per heavy atom. The van der Waals surface area contributed by atoms with Crippen LogP contribution in [-0.2, 0) is 0 Å². The highest BCUT2D eigenvalue weighted by Crippen LogP contribution is 2.26. The summed E-state index contributed by atoms with van der Waals surface area (Å²) in [4.78, 5) is 22.9. The van der Waals surface area contributed by atoms with E-state index in [9.17, 15) is 14.7 Å². The summed E-state index contributed by atoms with van der Waals surface area (Å²) in [6.07, 6.45) is 0. The van der Waals surface area contributed by atoms with Gasteiger partial charge in [0, 0.05) is 11.6 Å². The number of carbonyl (C=O) groups is 1. The largest absolute Gasteiger partial charge is 0.507 e. The van der Waals surface area contributed by atoms with Crippen LogP contribution in [0.5, 0.6) is 5.75 Å². The van der Waals surface area contributed by atoms with Gasteiger partial charge in [-0.25, -0.2) is 4.79 Å². The van der Waals surface area contributed by atoms with Crippen LogP contribution in [0.15, 0.2) is 57.7 Å². The van der Waals surface area contributed by atoms with Crippen molar-refractivity contribution in [3.8, 4) is 17.1 Å². The maximum Gasteiger partial charge on any atom is 0.335 e. The van der Waals surface area contributed by atoms with E-state index >= 15 is 0 Å². The summed E-state index contributed by atoms with van der Waals surface area (Å²) in [5.74, 6) is -0.837. The smallest absolute Gasteiger partial charge is 0.335 e. The molecule has 0 bridgehead atoms. The first-order valence-electron chi connectivity index (χ1n) is 6.16. The number of aromatic hydroxyl groups is 1. The van der Waals surface area contributed by atoms with E-state index in [-0.39, 0.29) is 27.7 Å². The molecule has 0 aliphatic carbocycles. The van der Waals surface area contributed by atoms with E-state index in [0.717, 1.165) is 0 Å². The molecule has 0 radical (unpaired) electrons. The average Bonchev–Trinajstić information content (AvgIpc) is 2.47. The lowest BCUT2D eigenvalue weighted by molar-refractivity contribution is 0.0697. The SMILES string of the molecule is O=C(O)c1ccc(-c2cc(=O)c3c(O)cccc3o2)cc1. The third kappa shape index (κ3) is 2.25. The van der Waals surface area contributed by atoms with Crippen molar-refractivity contribution in [1.82, 2.24) is 0 Å². The molecule has 0 spiro atoms. The zero-order valence-electron chi connectivity index (χ0n) is 10.7. The van der Waals surface area contributed by atoms with Crippen LogP contribution in [0.4, 0.5) is 0 Å². The standard InChI is InChI=1S/C16H10O5/c17-11-2-1-3-13-15(11)12(18)8-14(21-13)9-4-6-10(7-5-9)16(19)20/h1-8,17H,(H,19,20). The Balaban J connectivity index is 2.17. The summed E-state index contributed by atoms with van der Waals surface area (Å²) in [5, 5.41) is 18.7. The highest BCUT2D eigenvalue weighted by atomic mass is 16.4. The van der Waals surface area contributed by atoms with Crippen molar-refractivity contribution in [3.05, 3.63) is 64.3 Å². The van der Waals surface area contributed by atoms with Gasteiger partial charge in [-0.05, 0) is 24.3 Å². The Morgan fingerprint density at radius 2 is 1.76 bits per heavy atom. The van der Waals surface area contributed by atoms with Crippen LogP contribution < -0.4 is 5.43 Å². The van der Waals surface area contributed by atoms with Crippen molar-refractivity contribution in [3.63, 3.8) is 0 Å². The van der Waals surface area contributed by atoms with Crippen molar-refractivity contribution < 1.29 is 19.4 Å². The molecule has 0 saturated carbocycles. The molecule has 5 nitrogen and oxygen atoms in total. The van der Waals surface area contributed by atoms with Gasteiger partial charge in [-0.1, -0.05) is 18.2 Å². The molecule has 0 saturated heterocycles. The van der Waals surface area contributed by atoms with Gasteiger partial charge in [0.1, 0.15) is 22.5 Å². The van der Waals surface area contributed by atoms with Crippen molar-refractivity contribution in [2.24, 2.45) is 0 Å². The normalized spacial score (nSPS) is 10.7. The highest BCUT2D eigenvalue weighted by molar-refractivity contribution is 5.88. The zero-order chi connectivity index (χ0) is 15.0. The number of carboxylic acid groups (broad SMARTS) is 1. The summed E-state index contributed by atoms with van der Waals surface area (Å²) < 4.78 is 5.60. The molecule has 0 amide bonds. The molecule has 5 heteroatoms. The summed E-state index contributed by atoms with van der Waals surface area (Å²) in [6, 6.07) is 11.9. The predicted octanol–water partition coefficient (Wildman–Crippen LogP) is 2.86. The minimum Gasteiger partial charge on any atom is -0.507 e. The van der Waals surface area contributed by atoms with Gasteiger partial charge in [0.2, 0.25) is 0 Å². The number of rotatable bonds is 2. The van der Waals surface area contributed by atoms with E-state index in [1.165, 1.54) is 24.3 Å². The van der Waals surface area contributed by atoms with Crippen molar-refractivity contribution in [2.45, 2.75) is 0 Å². The minimum atomic E-state index is -1.02. The van der Waals surface area contributed by atoms with Crippen LogP contribution >= 0.6 is 0 Å². The number of benzene rings is 2. The van der Waals surface area contributed by atoms with Crippen LogP contribution in [-0.4, -0.2) is 16.2 Å². The summed E-state index contributed by atoms with van der Waals surface area (Å²) in [6.45, 7) is 0. The van der Waals surface area contributed by atoms with E-state index in [4.69, 9.17) is 9.52 Å². The fourth-order valence-electron chi connectivity index (χ4n) is 2.11. The third-order valence-electron chi connectivity index (χ3n) is 3.15. The molecular weight excluding hydrogens is 272 g/mol. The number of hydrogen-bond acceptors (Lipinski definition) is 4. The van der Waals surface area contributed by atoms with Gasteiger partial charge >= 0.3 is 5.97 Å². The van der Waals surface area contributed by atoms with Gasteiger partial charge < -0.3 is 14.6 Å². The molecule has 21 heavy (non-hydrogen) atoms. The molecular formula is C16H10O5. The predicted molar refractivity (Wildman–Crippen MR) is 76.5 cm³/mol. The second-order valence-corrected chi connectivity index (χ2v) is 4.51. The van der Waals surface area contributed by atoms with Crippen molar-refractivity contribution in [1.29, 1.82) is 0 Å². The van der Waals surface area contributed by atoms with Gasteiger partial charge in [0.15, 0.2) is 5.43 Å². The minimum absolute atomic E-state index is 0.128. The fourth-order valence-corrected chi connectivity index (χ4v) is 2.11. The van der Waals surface area contributed by atoms with Gasteiger partial charge in [0.05, 0.1) is 5.56 Å². The van der Waals surface area contributed by atoms with Crippen LogP contribution in [0.1, 0.15) is 10.4 Å². The Kier molecular flexibility index (Phi) is 2.95. The average molecular weight is 282 g/mol. The Morgan fingerprint density at radius 3 is 2.43 bits per heavy atom. The van der Waals surface area contributed by atoms with Gasteiger partial charge in [-0.2, -0.15) is 0 Å². The molecule has 2 N–H and O–H groups in total. The molecule has 1 aromatic heterocycles. The molecule has 1 heterocycles. The first kappa shape index (κ1) is 12.9. The Hall–Kier alpha value is -3.08. The molecule has 3 rings (SSSR count). The number of hydrogen-bond donors (Lipinski definition) is 2. The number of fused-ring (bicyclic) bond motifs is 1. The molecule has 0 atom stereocenters. The van der Waals surface area contributed by atoms with Crippen LogP contribution in [0.25, 0.3) is 22.3 Å². The van der Waals surface area contributed by atoms with E-state index in [0.29, 0.717) is 11.3 Å². The Bertz CT molecular complexity index is 891. The first-order chi connectivity index (χ1) is 10.1. The van der Waals surface area contributed by atoms with Crippen molar-refractivity contribution in [2.75, 3.05) is 0 Å². The monoisotopic (exact) mass is 282 g/mol. The van der Waals surface area contributed by atoms with E-state index < -0.39 is 5.97 Å². The lowest BCUT2D eigenvalue weighted by atomic mass is 10.1. The van der Waals surface area contributed by atoms with Crippen LogP contribution in [0, 0.1) is 0 Å². The fraction of sp³-hybridized carbons (Fsp3) is 0. The topological polar surface area (TPSA) is 87.7 Å². The van der Waals surface area contributed by atoms with Crippen molar-refractivity contribution >= 4 is 16.9 Å². The third-order valence-corrected chi connectivity index (χ3v) is 3.15. The molecule has 0 fully saturated rings. The molecule has 3 aromatic rings. The Labute approximate surface area is 118 Å². The van der Waals surface area contributed by atoms with Crippen LogP contribution in [0.2, 0.25) is 0 Å². The zero-order valence-corrected chi connectivity index (χ0v) is 10.7. The van der Waals surface area contributed by atoms with E-state index in [1.807, 2.05) is 0 Å². The molecule has 2 aromatic carbocycles. The van der Waals surface area contributed by atoms with Gasteiger partial charge in [-0.15, -0.1) is 0 Å². The van der Waals surface area contributed by atoms with Gasteiger partial charge in [-0.3, -0.25) is 4.79 Å². The number of aromatic carboxylic acids is 1. The molecule has 0 aliphatic heterocycles. The molecule has 0 unspecified atom stereocenters. The second-order valence-electron chi connectivity index (χ2n) is 4.51. The number of phenols is 1. The highest BCUT2D eigenvalue weighted by Gasteiger charge is 2.10.